The minimum Gasteiger partial charge on any atom is -0.274 e. The fraction of sp³-hybridized carbons (Fsp3) is 0.353. The average Bonchev–Trinajstić information content (AvgIpc) is 3.08. The lowest BCUT2D eigenvalue weighted by Gasteiger charge is -2.14. The Morgan fingerprint density at radius 3 is 2.27 bits per heavy atom. The Hall–Kier alpha value is -2.10. The number of amides is 2. The summed E-state index contributed by atoms with van der Waals surface area (Å²) in [6.45, 7) is 4.10. The van der Waals surface area contributed by atoms with Crippen LogP contribution in [-0.4, -0.2) is 31.8 Å². The molecule has 1 N–H and O–H groups in total. The molecule has 0 spiro atoms. The number of sulfonamides is 1. The van der Waals surface area contributed by atoms with Gasteiger partial charge in [-0.3, -0.25) is 14.5 Å². The van der Waals surface area contributed by atoms with Crippen LogP contribution in [0.5, 0.6) is 0 Å². The second-order valence-corrected chi connectivity index (χ2v) is 9.06. The van der Waals surface area contributed by atoms with Crippen LogP contribution in [0.15, 0.2) is 29.2 Å². The summed E-state index contributed by atoms with van der Waals surface area (Å²) in [6.07, 6.45) is 0.958. The van der Waals surface area contributed by atoms with E-state index in [0.29, 0.717) is 12.1 Å². The van der Waals surface area contributed by atoms with Gasteiger partial charge in [-0.15, -0.1) is 11.3 Å². The van der Waals surface area contributed by atoms with Crippen LogP contribution in [0.3, 0.4) is 0 Å². The zero-order chi connectivity index (χ0) is 18.9. The van der Waals surface area contributed by atoms with E-state index in [1.54, 1.807) is 11.3 Å². The molecule has 1 aromatic carbocycles. The molecule has 2 heterocycles. The predicted molar refractivity (Wildman–Crippen MR) is 98.6 cm³/mol. The van der Waals surface area contributed by atoms with Gasteiger partial charge in [0, 0.05) is 24.3 Å². The Balaban J connectivity index is 1.66. The van der Waals surface area contributed by atoms with Crippen LogP contribution in [-0.2, 0) is 26.0 Å². The summed E-state index contributed by atoms with van der Waals surface area (Å²) in [5.74, 6) is -0.530. The Morgan fingerprint density at radius 1 is 1.12 bits per heavy atom. The summed E-state index contributed by atoms with van der Waals surface area (Å²) >= 11 is 1.56. The fourth-order valence-corrected chi connectivity index (χ4v) is 4.80. The highest BCUT2D eigenvalue weighted by molar-refractivity contribution is 7.89. The topological polar surface area (TPSA) is 96.4 Å². The lowest BCUT2D eigenvalue weighted by atomic mass is 10.3. The molecule has 9 heteroatoms. The Labute approximate surface area is 156 Å². The van der Waals surface area contributed by atoms with Crippen LogP contribution in [0.2, 0.25) is 0 Å². The van der Waals surface area contributed by atoms with Gasteiger partial charge in [-0.2, -0.15) is 0 Å². The summed E-state index contributed by atoms with van der Waals surface area (Å²) in [6, 6.07) is 5.76. The van der Waals surface area contributed by atoms with E-state index < -0.39 is 10.0 Å². The molecule has 0 unspecified atom stereocenters. The van der Waals surface area contributed by atoms with E-state index >= 15 is 0 Å². The quantitative estimate of drug-likeness (QED) is 0.757. The van der Waals surface area contributed by atoms with Gasteiger partial charge in [-0.1, -0.05) is 0 Å². The van der Waals surface area contributed by atoms with Gasteiger partial charge in [-0.05, 0) is 44.5 Å². The summed E-state index contributed by atoms with van der Waals surface area (Å²) in [5.41, 5.74) is 1.32. The number of rotatable bonds is 6. The zero-order valence-corrected chi connectivity index (χ0v) is 16.1. The average molecular weight is 393 g/mol. The third-order valence-electron chi connectivity index (χ3n) is 4.10. The maximum absolute atomic E-state index is 12.4. The van der Waals surface area contributed by atoms with E-state index in [-0.39, 0.29) is 36.1 Å². The number of nitrogens with zero attached hydrogens (tertiary/aromatic N) is 2. The number of thiazole rings is 1. The van der Waals surface area contributed by atoms with Crippen molar-refractivity contribution in [2.75, 3.05) is 11.4 Å². The standard InChI is InChI=1S/C17H19N3O4S2/c1-11-15(25-12(2)19-11)9-10-18-26(23,24)14-5-3-13(4-6-14)20-16(21)7-8-17(20)22/h3-6,18H,7-10H2,1-2H3. The molecule has 1 aliphatic heterocycles. The molecule has 0 bridgehead atoms. The lowest BCUT2D eigenvalue weighted by Crippen LogP contribution is -2.29. The highest BCUT2D eigenvalue weighted by Crippen LogP contribution is 2.24. The van der Waals surface area contributed by atoms with Gasteiger partial charge in [0.15, 0.2) is 0 Å². The van der Waals surface area contributed by atoms with Crippen LogP contribution in [0.1, 0.15) is 28.4 Å². The van der Waals surface area contributed by atoms with Gasteiger partial charge in [0.25, 0.3) is 0 Å². The van der Waals surface area contributed by atoms with Gasteiger partial charge in [0.05, 0.1) is 21.3 Å². The van der Waals surface area contributed by atoms with Crippen LogP contribution in [0.4, 0.5) is 5.69 Å². The number of aryl methyl sites for hydroxylation is 2. The van der Waals surface area contributed by atoms with Crippen LogP contribution >= 0.6 is 11.3 Å². The van der Waals surface area contributed by atoms with Gasteiger partial charge in [-0.25, -0.2) is 18.1 Å². The number of carbonyl (C=O) groups is 2. The van der Waals surface area contributed by atoms with Crippen molar-refractivity contribution in [3.05, 3.63) is 39.8 Å². The number of carbonyl (C=O) groups excluding carboxylic acids is 2. The molecule has 3 rings (SSSR count). The first-order chi connectivity index (χ1) is 12.3. The second kappa shape index (κ2) is 7.26. The van der Waals surface area contributed by atoms with E-state index in [1.807, 2.05) is 13.8 Å². The molecule has 2 aromatic rings. The van der Waals surface area contributed by atoms with Gasteiger partial charge in [0.2, 0.25) is 21.8 Å². The monoisotopic (exact) mass is 393 g/mol. The molecule has 7 nitrogen and oxygen atoms in total. The first kappa shape index (κ1) is 18.7. The predicted octanol–water partition coefficient (Wildman–Crippen LogP) is 1.93. The maximum Gasteiger partial charge on any atom is 0.240 e. The molecule has 0 saturated carbocycles. The summed E-state index contributed by atoms with van der Waals surface area (Å²) in [5, 5.41) is 0.960. The number of hydrogen-bond donors (Lipinski definition) is 1. The van der Waals surface area contributed by atoms with Crippen molar-refractivity contribution in [1.29, 1.82) is 0 Å². The van der Waals surface area contributed by atoms with Gasteiger partial charge >= 0.3 is 0 Å². The van der Waals surface area contributed by atoms with Crippen LogP contribution < -0.4 is 9.62 Å². The molecule has 1 aromatic heterocycles. The molecular formula is C17H19N3O4S2. The van der Waals surface area contributed by atoms with Crippen molar-refractivity contribution in [2.45, 2.75) is 38.0 Å². The largest absolute Gasteiger partial charge is 0.274 e. The molecule has 1 fully saturated rings. The molecule has 138 valence electrons. The number of anilines is 1. The molecule has 0 radical (unpaired) electrons. The summed E-state index contributed by atoms with van der Waals surface area (Å²) in [4.78, 5) is 30.1. The van der Waals surface area contributed by atoms with Crippen molar-refractivity contribution < 1.29 is 18.0 Å². The number of nitrogens with one attached hydrogen (secondary N) is 1. The third kappa shape index (κ3) is 3.84. The molecule has 26 heavy (non-hydrogen) atoms. The lowest BCUT2D eigenvalue weighted by molar-refractivity contribution is -0.121. The Kier molecular flexibility index (Phi) is 5.22. The van der Waals surface area contributed by atoms with Crippen molar-refractivity contribution in [1.82, 2.24) is 9.71 Å². The molecule has 1 aliphatic rings. The second-order valence-electron chi connectivity index (χ2n) is 6.01. The van der Waals surface area contributed by atoms with E-state index in [4.69, 9.17) is 0 Å². The molecule has 0 atom stereocenters. The smallest absolute Gasteiger partial charge is 0.240 e. The number of hydrogen-bond acceptors (Lipinski definition) is 6. The first-order valence-electron chi connectivity index (χ1n) is 8.16. The van der Waals surface area contributed by atoms with Crippen LogP contribution in [0.25, 0.3) is 0 Å². The third-order valence-corrected chi connectivity index (χ3v) is 6.71. The Morgan fingerprint density at radius 2 is 1.73 bits per heavy atom. The van der Waals surface area contributed by atoms with E-state index in [1.165, 1.54) is 24.3 Å². The van der Waals surface area contributed by atoms with Crippen molar-refractivity contribution in [2.24, 2.45) is 0 Å². The Bertz CT molecular complexity index is 933. The van der Waals surface area contributed by atoms with E-state index in [0.717, 1.165) is 20.5 Å². The molecular weight excluding hydrogens is 374 g/mol. The van der Waals surface area contributed by atoms with Crippen molar-refractivity contribution >= 4 is 38.9 Å². The van der Waals surface area contributed by atoms with Gasteiger partial charge in [0.1, 0.15) is 0 Å². The van der Waals surface area contributed by atoms with Crippen molar-refractivity contribution in [3.63, 3.8) is 0 Å². The SMILES string of the molecule is Cc1nc(C)c(CCNS(=O)(=O)c2ccc(N3C(=O)CCC3=O)cc2)s1. The zero-order valence-electron chi connectivity index (χ0n) is 14.5. The number of aromatic nitrogens is 1. The highest BCUT2D eigenvalue weighted by atomic mass is 32.2. The number of imide groups is 1. The van der Waals surface area contributed by atoms with Crippen LogP contribution in [0, 0.1) is 13.8 Å². The minimum absolute atomic E-state index is 0.0950. The molecule has 1 saturated heterocycles. The summed E-state index contributed by atoms with van der Waals surface area (Å²) in [7, 11) is -3.66. The highest BCUT2D eigenvalue weighted by Gasteiger charge is 2.30. The minimum atomic E-state index is -3.66. The normalized spacial score (nSPS) is 15.1. The first-order valence-corrected chi connectivity index (χ1v) is 10.5. The fourth-order valence-electron chi connectivity index (χ4n) is 2.83. The van der Waals surface area contributed by atoms with E-state index in [9.17, 15) is 18.0 Å². The summed E-state index contributed by atoms with van der Waals surface area (Å²) < 4.78 is 27.4. The van der Waals surface area contributed by atoms with E-state index in [2.05, 4.69) is 9.71 Å². The van der Waals surface area contributed by atoms with Crippen molar-refractivity contribution in [3.8, 4) is 0 Å². The maximum atomic E-state index is 12.4. The molecule has 2 amide bonds. The van der Waals surface area contributed by atoms with Gasteiger partial charge < -0.3 is 0 Å². The molecule has 0 aliphatic carbocycles. The number of benzene rings is 1.